The fraction of sp³-hybridized carbons (Fsp3) is 0.225. The highest BCUT2D eigenvalue weighted by Gasteiger charge is 2.33. The zero-order valence-corrected chi connectivity index (χ0v) is 28.9. The first kappa shape index (κ1) is 35.2. The molecule has 254 valence electrons. The molecule has 0 aliphatic heterocycles. The van der Waals surface area contributed by atoms with Gasteiger partial charge in [0.25, 0.3) is 0 Å². The van der Waals surface area contributed by atoms with Crippen molar-refractivity contribution in [2.75, 3.05) is 0 Å². The Morgan fingerprint density at radius 2 is 1.14 bits per heavy atom. The van der Waals surface area contributed by atoms with Crippen LogP contribution in [0.15, 0.2) is 138 Å². The molecule has 0 aromatic heterocycles. The van der Waals surface area contributed by atoms with E-state index in [0.717, 1.165) is 16.7 Å². The summed E-state index contributed by atoms with van der Waals surface area (Å²) in [7, 11) is -4.09. The van der Waals surface area contributed by atoms with Gasteiger partial charge < -0.3 is 19.5 Å². The van der Waals surface area contributed by atoms with Gasteiger partial charge in [0, 0.05) is 0 Å². The average Bonchev–Trinajstić information content (AvgIpc) is 3.08. The molecule has 0 heterocycles. The van der Waals surface area contributed by atoms with Crippen molar-refractivity contribution in [1.29, 1.82) is 0 Å². The summed E-state index contributed by atoms with van der Waals surface area (Å²) in [6.07, 6.45) is -0.705. The van der Waals surface area contributed by atoms with Gasteiger partial charge >= 0.3 is 6.09 Å². The molecular formula is C40H42N2O6S. The van der Waals surface area contributed by atoms with Crippen molar-refractivity contribution < 1.29 is 27.4 Å². The number of carbonyl (C=O) groups is 1. The Balaban J connectivity index is 1.55. The molecule has 0 saturated heterocycles. The number of hydrogen-bond donors (Lipinski definition) is 2. The van der Waals surface area contributed by atoms with E-state index in [4.69, 9.17) is 14.2 Å². The van der Waals surface area contributed by atoms with Crippen LogP contribution in [0.1, 0.15) is 60.7 Å². The smallest absolute Gasteiger partial charge is 0.408 e. The van der Waals surface area contributed by atoms with Crippen molar-refractivity contribution in [3.63, 3.8) is 0 Å². The first-order chi connectivity index (χ1) is 23.4. The van der Waals surface area contributed by atoms with Crippen LogP contribution in [0.3, 0.4) is 0 Å². The minimum Gasteiger partial charge on any atom is -0.489 e. The highest BCUT2D eigenvalue weighted by atomic mass is 32.2. The number of ether oxygens (including phenoxy) is 3. The van der Waals surface area contributed by atoms with Crippen molar-refractivity contribution in [3.8, 4) is 11.5 Å². The molecule has 0 aliphatic carbocycles. The van der Waals surface area contributed by atoms with E-state index in [9.17, 15) is 13.2 Å². The predicted octanol–water partition coefficient (Wildman–Crippen LogP) is 8.44. The van der Waals surface area contributed by atoms with Crippen LogP contribution in [0.4, 0.5) is 4.79 Å². The number of benzene rings is 5. The highest BCUT2D eigenvalue weighted by molar-refractivity contribution is 7.89. The van der Waals surface area contributed by atoms with Crippen LogP contribution >= 0.6 is 0 Å². The lowest BCUT2D eigenvalue weighted by Gasteiger charge is -2.31. The number of alkyl carbamates (subject to hydrolysis) is 1. The second-order valence-electron chi connectivity index (χ2n) is 12.7. The first-order valence-corrected chi connectivity index (χ1v) is 17.6. The number of aryl methyl sites for hydroxylation is 1. The average molecular weight is 679 g/mol. The van der Waals surface area contributed by atoms with Gasteiger partial charge in [-0.1, -0.05) is 103 Å². The third kappa shape index (κ3) is 10.4. The normalized spacial score (nSPS) is 12.8. The van der Waals surface area contributed by atoms with Gasteiger partial charge in [-0.3, -0.25) is 0 Å². The Morgan fingerprint density at radius 3 is 1.63 bits per heavy atom. The third-order valence-corrected chi connectivity index (χ3v) is 9.01. The van der Waals surface area contributed by atoms with Gasteiger partial charge in [-0.15, -0.1) is 0 Å². The summed E-state index contributed by atoms with van der Waals surface area (Å²) in [5.41, 5.74) is 3.28. The van der Waals surface area contributed by atoms with Crippen LogP contribution < -0.4 is 19.5 Å². The largest absolute Gasteiger partial charge is 0.489 e. The molecule has 0 saturated carbocycles. The molecule has 49 heavy (non-hydrogen) atoms. The maximum absolute atomic E-state index is 14.0. The maximum Gasteiger partial charge on any atom is 0.408 e. The fourth-order valence-corrected chi connectivity index (χ4v) is 6.39. The quantitative estimate of drug-likeness (QED) is 0.130. The van der Waals surface area contributed by atoms with E-state index < -0.39 is 33.8 Å². The van der Waals surface area contributed by atoms with Gasteiger partial charge in [0.2, 0.25) is 10.0 Å². The third-order valence-electron chi connectivity index (χ3n) is 7.55. The Kier molecular flexibility index (Phi) is 11.4. The van der Waals surface area contributed by atoms with E-state index in [2.05, 4.69) is 10.0 Å². The standard InChI is InChI=1S/C40H42N2O6S/c1-29-21-23-36(24-22-29)49(44,45)42-38(33-18-12-20-35(26-33)47-28-31-15-9-6-10-16-31)37(41-39(43)48-40(2,3)4)32-17-11-19-34(25-32)46-27-30-13-7-5-8-14-30/h5-26,37-38,42H,27-28H2,1-4H3,(H,41,43)/t37-,38-/m1/s1. The molecule has 5 aromatic rings. The number of sulfonamides is 1. The van der Waals surface area contributed by atoms with Crippen LogP contribution in [-0.2, 0) is 28.0 Å². The molecule has 9 heteroatoms. The van der Waals surface area contributed by atoms with E-state index in [0.29, 0.717) is 35.8 Å². The summed E-state index contributed by atoms with van der Waals surface area (Å²) < 4.78 is 48.8. The van der Waals surface area contributed by atoms with Gasteiger partial charge in [0.1, 0.15) is 30.3 Å². The Labute approximate surface area is 289 Å². The summed E-state index contributed by atoms with van der Waals surface area (Å²) in [6.45, 7) is 7.85. The van der Waals surface area contributed by atoms with Crippen LogP contribution in [0.2, 0.25) is 0 Å². The molecule has 0 radical (unpaired) electrons. The van der Waals surface area contributed by atoms with Gasteiger partial charge in [-0.25, -0.2) is 17.9 Å². The lowest BCUT2D eigenvalue weighted by molar-refractivity contribution is 0.0493. The molecular weight excluding hydrogens is 637 g/mol. The summed E-state index contributed by atoms with van der Waals surface area (Å²) in [6, 6.07) is 38.6. The van der Waals surface area contributed by atoms with Gasteiger partial charge in [0.15, 0.2) is 0 Å². The molecule has 5 rings (SSSR count). The number of nitrogens with one attached hydrogen (secondary N) is 2. The van der Waals surface area contributed by atoms with E-state index in [1.54, 1.807) is 69.3 Å². The SMILES string of the molecule is Cc1ccc(S(=O)(=O)N[C@H](c2cccc(OCc3ccccc3)c2)[C@H](NC(=O)OC(C)(C)C)c2cccc(OCc3ccccc3)c2)cc1. The molecule has 0 aliphatic rings. The molecule has 8 nitrogen and oxygen atoms in total. The predicted molar refractivity (Wildman–Crippen MR) is 191 cm³/mol. The van der Waals surface area contributed by atoms with Crippen LogP contribution in [-0.4, -0.2) is 20.1 Å². The number of hydrogen-bond acceptors (Lipinski definition) is 6. The van der Waals surface area contributed by atoms with Gasteiger partial charge in [0.05, 0.1) is 17.0 Å². The molecule has 1 amide bonds. The molecule has 0 spiro atoms. The zero-order chi connectivity index (χ0) is 34.9. The minimum atomic E-state index is -4.09. The van der Waals surface area contributed by atoms with Crippen molar-refractivity contribution in [2.24, 2.45) is 0 Å². The second-order valence-corrected chi connectivity index (χ2v) is 14.4. The minimum absolute atomic E-state index is 0.0931. The van der Waals surface area contributed by atoms with E-state index >= 15 is 0 Å². The van der Waals surface area contributed by atoms with Gasteiger partial charge in [-0.2, -0.15) is 0 Å². The molecule has 2 atom stereocenters. The number of carbonyl (C=O) groups excluding carboxylic acids is 1. The van der Waals surface area contributed by atoms with Crippen LogP contribution in [0.5, 0.6) is 11.5 Å². The Morgan fingerprint density at radius 1 is 0.653 bits per heavy atom. The van der Waals surface area contributed by atoms with Crippen LogP contribution in [0, 0.1) is 6.92 Å². The fourth-order valence-electron chi connectivity index (χ4n) is 5.15. The first-order valence-electron chi connectivity index (χ1n) is 16.1. The van der Waals surface area contributed by atoms with Gasteiger partial charge in [-0.05, 0) is 86.3 Å². The lowest BCUT2D eigenvalue weighted by Crippen LogP contribution is -2.42. The summed E-state index contributed by atoms with van der Waals surface area (Å²) >= 11 is 0. The summed E-state index contributed by atoms with van der Waals surface area (Å²) in [4.78, 5) is 13.5. The monoisotopic (exact) mass is 678 g/mol. The van der Waals surface area contributed by atoms with E-state index in [-0.39, 0.29) is 4.90 Å². The Hall–Kier alpha value is -5.12. The number of rotatable bonds is 13. The van der Waals surface area contributed by atoms with Crippen LogP contribution in [0.25, 0.3) is 0 Å². The van der Waals surface area contributed by atoms with Crippen molar-refractivity contribution in [3.05, 3.63) is 161 Å². The molecule has 0 bridgehead atoms. The van der Waals surface area contributed by atoms with Crippen molar-refractivity contribution >= 4 is 16.1 Å². The number of amides is 1. The summed E-state index contributed by atoms with van der Waals surface area (Å²) in [5, 5.41) is 2.97. The van der Waals surface area contributed by atoms with Crippen molar-refractivity contribution in [1.82, 2.24) is 10.0 Å². The Bertz CT molecular complexity index is 1930. The molecule has 5 aromatic carbocycles. The summed E-state index contributed by atoms with van der Waals surface area (Å²) in [5.74, 6) is 1.09. The second kappa shape index (κ2) is 15.9. The molecule has 0 fully saturated rings. The van der Waals surface area contributed by atoms with E-state index in [1.165, 1.54) is 0 Å². The van der Waals surface area contributed by atoms with E-state index in [1.807, 2.05) is 91.9 Å². The molecule has 2 N–H and O–H groups in total. The highest BCUT2D eigenvalue weighted by Crippen LogP contribution is 2.34. The maximum atomic E-state index is 14.0. The lowest BCUT2D eigenvalue weighted by atomic mass is 9.93. The molecule has 0 unspecified atom stereocenters. The zero-order valence-electron chi connectivity index (χ0n) is 28.1. The topological polar surface area (TPSA) is 103 Å². The van der Waals surface area contributed by atoms with Crippen molar-refractivity contribution in [2.45, 2.75) is 63.5 Å².